The van der Waals surface area contributed by atoms with Crippen LogP contribution >= 0.6 is 22.9 Å². The molecule has 2 nitrogen and oxygen atoms in total. The van der Waals surface area contributed by atoms with Crippen LogP contribution in [-0.2, 0) is 0 Å². The lowest BCUT2D eigenvalue weighted by molar-refractivity contribution is 0.675. The third-order valence-corrected chi connectivity index (χ3v) is 1.26. The van der Waals surface area contributed by atoms with Crippen molar-refractivity contribution in [3.8, 4) is 0 Å². The number of nitrogens with zero attached hydrogens (tertiary/aromatic N) is 1. The Morgan fingerprint density at radius 1 is 1.83 bits per heavy atom. The Hall–Kier alpha value is 0.0700. The van der Waals surface area contributed by atoms with E-state index in [4.69, 9.17) is 0 Å². The first-order chi connectivity index (χ1) is 2.89. The fraction of sp³-hybridized carbons (Fsp3) is 0.333. The molecule has 0 saturated heterocycles. The van der Waals surface area contributed by atoms with E-state index < -0.39 is 0 Å². The van der Waals surface area contributed by atoms with E-state index in [1.54, 1.807) is 0 Å². The van der Waals surface area contributed by atoms with E-state index in [0.29, 0.717) is 0 Å². The summed E-state index contributed by atoms with van der Waals surface area (Å²) in [6.07, 6.45) is 3.91. The second-order valence-electron chi connectivity index (χ2n) is 1.08. The first-order valence-electron chi connectivity index (χ1n) is 1.72. The number of rotatable bonds is 0. The molecule has 0 aromatic heterocycles. The van der Waals surface area contributed by atoms with Crippen LogP contribution in [-0.4, -0.2) is 9.78 Å². The quantitative estimate of drug-likeness (QED) is 0.452. The van der Waals surface area contributed by atoms with Crippen molar-refractivity contribution in [1.29, 1.82) is 0 Å². The fourth-order valence-electron chi connectivity index (χ4n) is 0.326. The maximum atomic E-state index is 3.01. The molecule has 34 valence electrons. The van der Waals surface area contributed by atoms with Crippen LogP contribution in [0.3, 0.4) is 0 Å². The highest BCUT2D eigenvalue weighted by atomic mass is 127. The molecule has 0 atom stereocenters. The topological polar surface area (TPSA) is 15.3 Å². The lowest BCUT2D eigenvalue weighted by atomic mass is 11.0. The van der Waals surface area contributed by atoms with Crippen LogP contribution in [0, 0.1) is 0 Å². The smallest absolute Gasteiger partial charge is 0.0962 e. The minimum atomic E-state index is 0.945. The summed E-state index contributed by atoms with van der Waals surface area (Å²) in [6, 6.07) is 0. The molecule has 0 spiro atoms. The van der Waals surface area contributed by atoms with Gasteiger partial charge in [0.1, 0.15) is 0 Å². The molecular formula is C3H5IN2. The van der Waals surface area contributed by atoms with Gasteiger partial charge in [0.2, 0.25) is 0 Å². The molecule has 0 amide bonds. The van der Waals surface area contributed by atoms with Gasteiger partial charge in [0.25, 0.3) is 0 Å². The molecule has 0 aromatic rings. The molecule has 0 unspecified atom stereocenters. The van der Waals surface area contributed by atoms with E-state index in [-0.39, 0.29) is 0 Å². The molecular weight excluding hydrogens is 191 g/mol. The van der Waals surface area contributed by atoms with Crippen molar-refractivity contribution in [2.24, 2.45) is 0 Å². The molecule has 0 saturated carbocycles. The number of nitrogens with one attached hydrogen (secondary N) is 1. The second-order valence-corrected chi connectivity index (χ2v) is 2.32. The highest BCUT2D eigenvalue weighted by molar-refractivity contribution is 14.1. The van der Waals surface area contributed by atoms with Gasteiger partial charge in [-0.15, -0.1) is 0 Å². The van der Waals surface area contributed by atoms with Gasteiger partial charge in [-0.2, -0.15) is 0 Å². The minimum Gasteiger partial charge on any atom is -0.372 e. The molecule has 1 aliphatic rings. The molecule has 6 heavy (non-hydrogen) atoms. The van der Waals surface area contributed by atoms with Gasteiger partial charge in [-0.3, -0.25) is 0 Å². The SMILES string of the molecule is IN1C=CNC1. The van der Waals surface area contributed by atoms with Crippen molar-refractivity contribution in [3.05, 3.63) is 12.4 Å². The van der Waals surface area contributed by atoms with Crippen LogP contribution in [0.2, 0.25) is 0 Å². The number of halogens is 1. The standard InChI is InChI=1S/C3H5IN2/c4-6-2-1-5-3-6/h1-2,5H,3H2. The normalized spacial score (nSPS) is 18.5. The molecule has 0 aromatic carbocycles. The highest BCUT2D eigenvalue weighted by Crippen LogP contribution is 1.99. The zero-order valence-corrected chi connectivity index (χ0v) is 5.34. The van der Waals surface area contributed by atoms with E-state index in [2.05, 4.69) is 28.2 Å². The van der Waals surface area contributed by atoms with E-state index >= 15 is 0 Å². The van der Waals surface area contributed by atoms with Crippen molar-refractivity contribution < 1.29 is 0 Å². The molecule has 0 radical (unpaired) electrons. The van der Waals surface area contributed by atoms with Gasteiger partial charge < -0.3 is 8.43 Å². The van der Waals surface area contributed by atoms with E-state index in [9.17, 15) is 0 Å². The maximum absolute atomic E-state index is 3.01. The van der Waals surface area contributed by atoms with Crippen LogP contribution in [0.4, 0.5) is 0 Å². The molecule has 1 N–H and O–H groups in total. The molecule has 0 fully saturated rings. The van der Waals surface area contributed by atoms with Crippen molar-refractivity contribution in [2.75, 3.05) is 6.67 Å². The predicted molar refractivity (Wildman–Crippen MR) is 33.0 cm³/mol. The summed E-state index contributed by atoms with van der Waals surface area (Å²) in [6.45, 7) is 0.945. The van der Waals surface area contributed by atoms with Crippen LogP contribution in [0.5, 0.6) is 0 Å². The summed E-state index contributed by atoms with van der Waals surface area (Å²) in [5.74, 6) is 0. The van der Waals surface area contributed by atoms with E-state index in [0.717, 1.165) is 6.67 Å². The van der Waals surface area contributed by atoms with Crippen LogP contribution < -0.4 is 5.32 Å². The molecule has 0 aliphatic carbocycles. The molecule has 1 aliphatic heterocycles. The largest absolute Gasteiger partial charge is 0.372 e. The van der Waals surface area contributed by atoms with Crippen LogP contribution in [0.15, 0.2) is 12.4 Å². The Balaban J connectivity index is 2.38. The first-order valence-corrected chi connectivity index (χ1v) is 2.68. The van der Waals surface area contributed by atoms with Gasteiger partial charge in [0, 0.05) is 12.4 Å². The monoisotopic (exact) mass is 196 g/mol. The highest BCUT2D eigenvalue weighted by Gasteiger charge is 1.92. The first kappa shape index (κ1) is 4.23. The van der Waals surface area contributed by atoms with Gasteiger partial charge in [0.15, 0.2) is 0 Å². The van der Waals surface area contributed by atoms with Crippen molar-refractivity contribution >= 4 is 22.9 Å². The Bertz CT molecular complexity index is 71.2. The summed E-state index contributed by atoms with van der Waals surface area (Å²) in [5, 5.41) is 3.01. The van der Waals surface area contributed by atoms with Crippen molar-refractivity contribution in [3.63, 3.8) is 0 Å². The predicted octanol–water partition coefficient (Wildman–Crippen LogP) is 0.670. The molecule has 0 bridgehead atoms. The lowest BCUT2D eigenvalue weighted by Crippen LogP contribution is -2.08. The number of hydrogen-bond acceptors (Lipinski definition) is 2. The zero-order valence-electron chi connectivity index (χ0n) is 3.19. The third kappa shape index (κ3) is 0.767. The molecule has 3 heteroatoms. The van der Waals surface area contributed by atoms with Crippen molar-refractivity contribution in [1.82, 2.24) is 8.43 Å². The lowest BCUT2D eigenvalue weighted by Gasteiger charge is -1.98. The maximum Gasteiger partial charge on any atom is 0.0962 e. The Labute approximate surface area is 50.7 Å². The van der Waals surface area contributed by atoms with Gasteiger partial charge >= 0.3 is 0 Å². The number of hydrogen-bond donors (Lipinski definition) is 1. The fourth-order valence-corrected chi connectivity index (χ4v) is 0.684. The second kappa shape index (κ2) is 1.68. The van der Waals surface area contributed by atoms with E-state index in [1.807, 2.05) is 15.5 Å². The minimum absolute atomic E-state index is 0.945. The van der Waals surface area contributed by atoms with Gasteiger partial charge in [0.05, 0.1) is 29.5 Å². The third-order valence-electron chi connectivity index (χ3n) is 0.596. The van der Waals surface area contributed by atoms with Gasteiger partial charge in [-0.25, -0.2) is 0 Å². The Morgan fingerprint density at radius 3 is 2.83 bits per heavy atom. The molecule has 1 heterocycles. The Morgan fingerprint density at radius 2 is 2.67 bits per heavy atom. The van der Waals surface area contributed by atoms with Crippen LogP contribution in [0.25, 0.3) is 0 Å². The summed E-state index contributed by atoms with van der Waals surface area (Å²) < 4.78 is 2.04. The Kier molecular flexibility index (Phi) is 1.19. The van der Waals surface area contributed by atoms with Crippen molar-refractivity contribution in [2.45, 2.75) is 0 Å². The van der Waals surface area contributed by atoms with E-state index in [1.165, 1.54) is 0 Å². The summed E-state index contributed by atoms with van der Waals surface area (Å²) >= 11 is 2.22. The zero-order chi connectivity index (χ0) is 4.41. The molecule has 1 rings (SSSR count). The van der Waals surface area contributed by atoms with Gasteiger partial charge in [-0.1, -0.05) is 0 Å². The van der Waals surface area contributed by atoms with Gasteiger partial charge in [-0.05, 0) is 0 Å². The summed E-state index contributed by atoms with van der Waals surface area (Å²) in [5.41, 5.74) is 0. The average Bonchev–Trinajstić information content (AvgIpc) is 1.86. The average molecular weight is 196 g/mol. The van der Waals surface area contributed by atoms with Crippen LogP contribution in [0.1, 0.15) is 0 Å². The summed E-state index contributed by atoms with van der Waals surface area (Å²) in [4.78, 5) is 0. The summed E-state index contributed by atoms with van der Waals surface area (Å²) in [7, 11) is 0.